The van der Waals surface area contributed by atoms with Crippen molar-refractivity contribution in [2.45, 2.75) is 30.0 Å². The van der Waals surface area contributed by atoms with E-state index < -0.39 is 38.6 Å². The van der Waals surface area contributed by atoms with E-state index in [1.165, 1.54) is 18.0 Å². The van der Waals surface area contributed by atoms with Crippen LogP contribution in [0.3, 0.4) is 0 Å². The first kappa shape index (κ1) is 23.6. The zero-order valence-corrected chi connectivity index (χ0v) is 18.0. The summed E-state index contributed by atoms with van der Waals surface area (Å²) in [6.07, 6.45) is 0.865. The van der Waals surface area contributed by atoms with Gasteiger partial charge in [-0.05, 0) is 49.2 Å². The number of ether oxygens (including phenoxy) is 1. The fourth-order valence-corrected chi connectivity index (χ4v) is 5.43. The summed E-state index contributed by atoms with van der Waals surface area (Å²) in [5.74, 6) is 2.30. The number of sulfonamides is 1. The minimum atomic E-state index is -4.84. The van der Waals surface area contributed by atoms with Crippen molar-refractivity contribution in [2.24, 2.45) is 0 Å². The van der Waals surface area contributed by atoms with E-state index in [-0.39, 0.29) is 19.6 Å². The molecular weight excluding hydrogens is 445 g/mol. The van der Waals surface area contributed by atoms with Crippen molar-refractivity contribution < 1.29 is 31.1 Å². The molecule has 6 nitrogen and oxygen atoms in total. The molecule has 32 heavy (non-hydrogen) atoms. The number of carbonyl (C=O) groups is 1. The van der Waals surface area contributed by atoms with Gasteiger partial charge in [0.15, 0.2) is 0 Å². The van der Waals surface area contributed by atoms with Gasteiger partial charge >= 0.3 is 6.18 Å². The van der Waals surface area contributed by atoms with Gasteiger partial charge in [-0.1, -0.05) is 18.1 Å². The number of nitrogens with zero attached hydrogens (tertiary/aromatic N) is 2. The van der Waals surface area contributed by atoms with Crippen LogP contribution in [0, 0.1) is 12.3 Å². The predicted molar refractivity (Wildman–Crippen MR) is 113 cm³/mol. The maximum atomic E-state index is 13.4. The van der Waals surface area contributed by atoms with E-state index in [4.69, 9.17) is 11.2 Å². The lowest BCUT2D eigenvalue weighted by Gasteiger charge is -2.28. The highest BCUT2D eigenvalue weighted by Crippen LogP contribution is 2.37. The van der Waals surface area contributed by atoms with E-state index in [1.807, 2.05) is 0 Å². The van der Waals surface area contributed by atoms with Crippen molar-refractivity contribution in [3.05, 3.63) is 54.1 Å². The Labute approximate surface area is 184 Å². The highest BCUT2D eigenvalue weighted by molar-refractivity contribution is 7.89. The number of halogens is 3. The van der Waals surface area contributed by atoms with E-state index in [0.29, 0.717) is 17.9 Å². The van der Waals surface area contributed by atoms with Crippen molar-refractivity contribution >= 4 is 21.6 Å². The Morgan fingerprint density at radius 3 is 2.50 bits per heavy atom. The Balaban J connectivity index is 1.86. The van der Waals surface area contributed by atoms with Crippen LogP contribution in [-0.2, 0) is 21.0 Å². The second kappa shape index (κ2) is 9.22. The van der Waals surface area contributed by atoms with Crippen LogP contribution in [0.4, 0.5) is 18.9 Å². The van der Waals surface area contributed by atoms with Crippen LogP contribution in [0.25, 0.3) is 0 Å². The standard InChI is InChI=1S/C22H21F3N2O4S/c1-3-15-31-17-12-10-16(11-13-17)26(2)21(28)19-8-6-14-27(19)32(29,30)20-9-5-4-7-18(20)22(23,24)25/h1,4-5,7,9-13,19H,6,8,14-15H2,2H3/t19-/m0/s1. The molecule has 1 saturated heterocycles. The molecule has 2 aromatic carbocycles. The van der Waals surface area contributed by atoms with Crippen molar-refractivity contribution in [1.82, 2.24) is 4.31 Å². The first-order chi connectivity index (χ1) is 15.1. The third-order valence-electron chi connectivity index (χ3n) is 5.14. The molecule has 1 heterocycles. The fraction of sp³-hybridized carbons (Fsp3) is 0.318. The minimum Gasteiger partial charge on any atom is -0.481 e. The quantitative estimate of drug-likeness (QED) is 0.611. The van der Waals surface area contributed by atoms with E-state index in [1.54, 1.807) is 24.3 Å². The van der Waals surface area contributed by atoms with Crippen LogP contribution in [-0.4, -0.2) is 44.9 Å². The number of terminal acetylenes is 1. The fourth-order valence-electron chi connectivity index (χ4n) is 3.57. The molecule has 3 rings (SSSR count). The Bertz CT molecular complexity index is 1130. The number of carbonyl (C=O) groups excluding carboxylic acids is 1. The van der Waals surface area contributed by atoms with Gasteiger partial charge in [-0.25, -0.2) is 8.42 Å². The van der Waals surface area contributed by atoms with Gasteiger partial charge in [-0.15, -0.1) is 6.42 Å². The molecule has 0 bridgehead atoms. The highest BCUT2D eigenvalue weighted by Gasteiger charge is 2.44. The zero-order valence-electron chi connectivity index (χ0n) is 17.2. The van der Waals surface area contributed by atoms with Gasteiger partial charge in [0.1, 0.15) is 18.4 Å². The van der Waals surface area contributed by atoms with Gasteiger partial charge in [0, 0.05) is 19.3 Å². The summed E-state index contributed by atoms with van der Waals surface area (Å²) in [6, 6.07) is 9.31. The normalized spacial score (nSPS) is 17.0. The van der Waals surface area contributed by atoms with E-state index in [9.17, 15) is 26.4 Å². The molecule has 0 aromatic heterocycles. The number of rotatable bonds is 6. The van der Waals surface area contributed by atoms with Crippen molar-refractivity contribution in [3.63, 3.8) is 0 Å². The second-order valence-electron chi connectivity index (χ2n) is 7.15. The Hall–Kier alpha value is -3.03. The van der Waals surface area contributed by atoms with Crippen LogP contribution < -0.4 is 9.64 Å². The van der Waals surface area contributed by atoms with Gasteiger partial charge in [0.2, 0.25) is 15.9 Å². The molecule has 0 aliphatic carbocycles. The first-order valence-electron chi connectivity index (χ1n) is 9.69. The number of likely N-dealkylation sites (N-methyl/N-ethyl adjacent to an activating group) is 1. The molecular formula is C22H21F3N2O4S. The smallest absolute Gasteiger partial charge is 0.417 e. The summed E-state index contributed by atoms with van der Waals surface area (Å²) in [5, 5.41) is 0. The average molecular weight is 466 g/mol. The minimum absolute atomic E-state index is 0.0440. The Kier molecular flexibility index (Phi) is 6.81. The summed E-state index contributed by atoms with van der Waals surface area (Å²) in [6.45, 7) is 0.0417. The van der Waals surface area contributed by atoms with Crippen LogP contribution in [0.2, 0.25) is 0 Å². The molecule has 0 radical (unpaired) electrons. The highest BCUT2D eigenvalue weighted by atomic mass is 32.2. The molecule has 1 aliphatic rings. The monoisotopic (exact) mass is 466 g/mol. The molecule has 0 N–H and O–H groups in total. The molecule has 0 spiro atoms. The van der Waals surface area contributed by atoms with Crippen LogP contribution >= 0.6 is 0 Å². The number of alkyl halides is 3. The van der Waals surface area contributed by atoms with E-state index >= 15 is 0 Å². The first-order valence-corrected chi connectivity index (χ1v) is 11.1. The molecule has 2 aromatic rings. The molecule has 0 unspecified atom stereocenters. The largest absolute Gasteiger partial charge is 0.481 e. The molecule has 1 amide bonds. The van der Waals surface area contributed by atoms with Crippen molar-refractivity contribution in [2.75, 3.05) is 25.1 Å². The van der Waals surface area contributed by atoms with E-state index in [2.05, 4.69) is 5.92 Å². The van der Waals surface area contributed by atoms with Crippen LogP contribution in [0.5, 0.6) is 5.75 Å². The van der Waals surface area contributed by atoms with Crippen molar-refractivity contribution in [1.29, 1.82) is 0 Å². The average Bonchev–Trinajstić information content (AvgIpc) is 3.27. The summed E-state index contributed by atoms with van der Waals surface area (Å²) >= 11 is 0. The maximum Gasteiger partial charge on any atom is 0.417 e. The lowest BCUT2D eigenvalue weighted by Crippen LogP contribution is -2.47. The third kappa shape index (κ3) is 4.74. The molecule has 0 saturated carbocycles. The third-order valence-corrected chi connectivity index (χ3v) is 7.11. The summed E-state index contributed by atoms with van der Waals surface area (Å²) in [4.78, 5) is 13.5. The predicted octanol–water partition coefficient (Wildman–Crippen LogP) is 3.53. The Morgan fingerprint density at radius 2 is 1.88 bits per heavy atom. The second-order valence-corrected chi connectivity index (χ2v) is 9.01. The number of hydrogen-bond acceptors (Lipinski definition) is 4. The summed E-state index contributed by atoms with van der Waals surface area (Å²) in [7, 11) is -3.07. The number of benzene rings is 2. The molecule has 170 valence electrons. The lowest BCUT2D eigenvalue weighted by atomic mass is 10.2. The topological polar surface area (TPSA) is 66.9 Å². The van der Waals surface area contributed by atoms with Gasteiger partial charge < -0.3 is 9.64 Å². The lowest BCUT2D eigenvalue weighted by molar-refractivity contribution is -0.139. The Morgan fingerprint density at radius 1 is 1.22 bits per heavy atom. The molecule has 1 fully saturated rings. The van der Waals surface area contributed by atoms with Gasteiger partial charge in [0.25, 0.3) is 0 Å². The van der Waals surface area contributed by atoms with Crippen LogP contribution in [0.15, 0.2) is 53.4 Å². The SMILES string of the molecule is C#CCOc1ccc(N(C)C(=O)[C@@H]2CCCN2S(=O)(=O)c2ccccc2C(F)(F)F)cc1. The van der Waals surface area contributed by atoms with Gasteiger partial charge in [-0.2, -0.15) is 17.5 Å². The molecule has 10 heteroatoms. The van der Waals surface area contributed by atoms with Gasteiger partial charge in [-0.3, -0.25) is 4.79 Å². The molecule has 1 atom stereocenters. The van der Waals surface area contributed by atoms with Crippen LogP contribution in [0.1, 0.15) is 18.4 Å². The number of hydrogen-bond donors (Lipinski definition) is 0. The summed E-state index contributed by atoms with van der Waals surface area (Å²) < 4.78 is 72.6. The molecule has 1 aliphatic heterocycles. The number of anilines is 1. The van der Waals surface area contributed by atoms with Gasteiger partial charge in [0.05, 0.1) is 10.5 Å². The van der Waals surface area contributed by atoms with E-state index in [0.717, 1.165) is 22.5 Å². The van der Waals surface area contributed by atoms with Crippen molar-refractivity contribution in [3.8, 4) is 18.1 Å². The maximum absolute atomic E-state index is 13.4. The number of amides is 1. The zero-order chi connectivity index (χ0) is 23.5. The summed E-state index contributed by atoms with van der Waals surface area (Å²) in [5.41, 5.74) is -0.781.